The van der Waals surface area contributed by atoms with E-state index in [0.717, 1.165) is 12.8 Å². The van der Waals surface area contributed by atoms with Crippen molar-refractivity contribution in [2.24, 2.45) is 0 Å². The first-order valence-corrected chi connectivity index (χ1v) is 4.52. The van der Waals surface area contributed by atoms with Crippen molar-refractivity contribution in [3.8, 4) is 5.75 Å². The minimum Gasteiger partial charge on any atom is -0.508 e. The maximum atomic E-state index is 9.12. The molecule has 2 rings (SSSR count). The summed E-state index contributed by atoms with van der Waals surface area (Å²) >= 11 is 0. The third kappa shape index (κ3) is 1.81. The predicted octanol–water partition coefficient (Wildman–Crippen LogP) is 3.13. The standard InChI is InChI=1S/C12H12O/c13-12-8-6-11(7-9-12)10-4-2-1-3-5-10/h2,4-9,13H,1,3H2. The van der Waals surface area contributed by atoms with Crippen molar-refractivity contribution in [3.05, 3.63) is 48.1 Å². The van der Waals surface area contributed by atoms with E-state index in [4.69, 9.17) is 5.11 Å². The molecule has 1 aliphatic rings. The van der Waals surface area contributed by atoms with E-state index in [1.807, 2.05) is 12.1 Å². The molecule has 0 aromatic heterocycles. The zero-order valence-corrected chi connectivity index (χ0v) is 7.40. The highest BCUT2D eigenvalue weighted by Crippen LogP contribution is 2.22. The van der Waals surface area contributed by atoms with E-state index in [1.54, 1.807) is 12.1 Å². The Morgan fingerprint density at radius 2 is 1.77 bits per heavy atom. The smallest absolute Gasteiger partial charge is 0.115 e. The summed E-state index contributed by atoms with van der Waals surface area (Å²) in [5, 5.41) is 9.12. The van der Waals surface area contributed by atoms with Gasteiger partial charge in [0.2, 0.25) is 0 Å². The van der Waals surface area contributed by atoms with Crippen LogP contribution < -0.4 is 0 Å². The van der Waals surface area contributed by atoms with Crippen LogP contribution in [0.1, 0.15) is 18.4 Å². The van der Waals surface area contributed by atoms with Gasteiger partial charge >= 0.3 is 0 Å². The molecule has 0 radical (unpaired) electrons. The maximum absolute atomic E-state index is 9.12. The molecule has 0 amide bonds. The molecule has 1 aromatic rings. The van der Waals surface area contributed by atoms with E-state index in [-0.39, 0.29) is 0 Å². The van der Waals surface area contributed by atoms with E-state index in [2.05, 4.69) is 18.2 Å². The minimum atomic E-state index is 0.323. The van der Waals surface area contributed by atoms with Crippen LogP contribution in [0.4, 0.5) is 0 Å². The Hall–Kier alpha value is -1.50. The molecule has 0 saturated carbocycles. The largest absolute Gasteiger partial charge is 0.508 e. The summed E-state index contributed by atoms with van der Waals surface area (Å²) in [6, 6.07) is 7.32. The normalized spacial score (nSPS) is 15.5. The predicted molar refractivity (Wildman–Crippen MR) is 54.5 cm³/mol. The summed E-state index contributed by atoms with van der Waals surface area (Å²) < 4.78 is 0. The molecule has 0 saturated heterocycles. The van der Waals surface area contributed by atoms with Gasteiger partial charge in [0.25, 0.3) is 0 Å². The average Bonchev–Trinajstić information content (AvgIpc) is 2.20. The second kappa shape index (κ2) is 3.48. The van der Waals surface area contributed by atoms with Gasteiger partial charge in [-0.05, 0) is 36.1 Å². The van der Waals surface area contributed by atoms with E-state index in [9.17, 15) is 0 Å². The molecule has 0 spiro atoms. The lowest BCUT2D eigenvalue weighted by atomic mass is 10.00. The van der Waals surface area contributed by atoms with Gasteiger partial charge in [-0.15, -0.1) is 0 Å². The fourth-order valence-corrected chi connectivity index (χ4v) is 1.48. The highest BCUT2D eigenvalue weighted by molar-refractivity contribution is 5.74. The van der Waals surface area contributed by atoms with Gasteiger partial charge < -0.3 is 5.11 Å². The van der Waals surface area contributed by atoms with Crippen LogP contribution in [0.15, 0.2) is 42.5 Å². The molecule has 66 valence electrons. The zero-order valence-electron chi connectivity index (χ0n) is 7.40. The van der Waals surface area contributed by atoms with Gasteiger partial charge in [0.1, 0.15) is 5.75 Å². The Morgan fingerprint density at radius 1 is 1.00 bits per heavy atom. The lowest BCUT2D eigenvalue weighted by Gasteiger charge is -2.06. The van der Waals surface area contributed by atoms with Gasteiger partial charge in [-0.2, -0.15) is 0 Å². The molecule has 1 aromatic carbocycles. The SMILES string of the molecule is Oc1ccc(C2=CCCC=C2)cc1. The number of hydrogen-bond donors (Lipinski definition) is 1. The summed E-state index contributed by atoms with van der Waals surface area (Å²) in [4.78, 5) is 0. The average molecular weight is 172 g/mol. The summed E-state index contributed by atoms with van der Waals surface area (Å²) in [6.07, 6.45) is 8.80. The van der Waals surface area contributed by atoms with E-state index in [1.165, 1.54) is 11.1 Å². The van der Waals surface area contributed by atoms with E-state index >= 15 is 0 Å². The van der Waals surface area contributed by atoms with Crippen molar-refractivity contribution in [1.82, 2.24) is 0 Å². The first kappa shape index (κ1) is 8.11. The van der Waals surface area contributed by atoms with Crippen molar-refractivity contribution < 1.29 is 5.11 Å². The highest BCUT2D eigenvalue weighted by Gasteiger charge is 2.00. The van der Waals surface area contributed by atoms with Crippen molar-refractivity contribution in [3.63, 3.8) is 0 Å². The Labute approximate surface area is 78.0 Å². The van der Waals surface area contributed by atoms with Crippen LogP contribution in [0.2, 0.25) is 0 Å². The summed E-state index contributed by atoms with van der Waals surface area (Å²) in [5.41, 5.74) is 2.43. The molecular weight excluding hydrogens is 160 g/mol. The van der Waals surface area contributed by atoms with Crippen LogP contribution in [0.5, 0.6) is 5.75 Å². The number of benzene rings is 1. The van der Waals surface area contributed by atoms with Gasteiger partial charge in [-0.25, -0.2) is 0 Å². The molecule has 1 N–H and O–H groups in total. The number of hydrogen-bond acceptors (Lipinski definition) is 1. The number of phenols is 1. The number of aromatic hydroxyl groups is 1. The Bertz CT molecular complexity index is 344. The molecule has 13 heavy (non-hydrogen) atoms. The van der Waals surface area contributed by atoms with E-state index in [0.29, 0.717) is 5.75 Å². The summed E-state index contributed by atoms with van der Waals surface area (Å²) in [5.74, 6) is 0.323. The summed E-state index contributed by atoms with van der Waals surface area (Å²) in [7, 11) is 0. The van der Waals surface area contributed by atoms with Gasteiger partial charge in [0.05, 0.1) is 0 Å². The van der Waals surface area contributed by atoms with Crippen LogP contribution in [0.3, 0.4) is 0 Å². The van der Waals surface area contributed by atoms with Crippen molar-refractivity contribution in [1.29, 1.82) is 0 Å². The molecule has 0 unspecified atom stereocenters. The molecule has 1 heteroatoms. The van der Waals surface area contributed by atoms with Crippen LogP contribution in [-0.4, -0.2) is 5.11 Å². The number of rotatable bonds is 1. The zero-order chi connectivity index (χ0) is 9.10. The molecule has 0 fully saturated rings. The first-order valence-electron chi connectivity index (χ1n) is 4.52. The van der Waals surface area contributed by atoms with Gasteiger partial charge in [0, 0.05) is 0 Å². The topological polar surface area (TPSA) is 20.2 Å². The second-order valence-electron chi connectivity index (χ2n) is 3.19. The summed E-state index contributed by atoms with van der Waals surface area (Å²) in [6.45, 7) is 0. The first-order chi connectivity index (χ1) is 6.36. The third-order valence-corrected chi connectivity index (χ3v) is 2.20. The van der Waals surface area contributed by atoms with Gasteiger partial charge in [-0.1, -0.05) is 30.4 Å². The molecule has 0 heterocycles. The number of allylic oxidation sites excluding steroid dienone is 4. The van der Waals surface area contributed by atoms with Gasteiger partial charge in [0.15, 0.2) is 0 Å². The Kier molecular flexibility index (Phi) is 2.17. The lowest BCUT2D eigenvalue weighted by Crippen LogP contribution is -1.84. The maximum Gasteiger partial charge on any atom is 0.115 e. The molecule has 1 aliphatic carbocycles. The highest BCUT2D eigenvalue weighted by atomic mass is 16.3. The van der Waals surface area contributed by atoms with Crippen LogP contribution in [0.25, 0.3) is 5.57 Å². The molecular formula is C12H12O. The Balaban J connectivity index is 2.30. The van der Waals surface area contributed by atoms with Gasteiger partial charge in [-0.3, -0.25) is 0 Å². The molecule has 0 atom stereocenters. The number of phenolic OH excluding ortho intramolecular Hbond substituents is 1. The fourth-order valence-electron chi connectivity index (χ4n) is 1.48. The minimum absolute atomic E-state index is 0.323. The van der Waals surface area contributed by atoms with E-state index < -0.39 is 0 Å². The molecule has 1 nitrogen and oxygen atoms in total. The third-order valence-electron chi connectivity index (χ3n) is 2.20. The lowest BCUT2D eigenvalue weighted by molar-refractivity contribution is 0.475. The van der Waals surface area contributed by atoms with Crippen molar-refractivity contribution in [2.75, 3.05) is 0 Å². The molecule has 0 aliphatic heterocycles. The van der Waals surface area contributed by atoms with Crippen molar-refractivity contribution >= 4 is 5.57 Å². The van der Waals surface area contributed by atoms with Crippen LogP contribution in [-0.2, 0) is 0 Å². The Morgan fingerprint density at radius 3 is 2.38 bits per heavy atom. The van der Waals surface area contributed by atoms with Crippen LogP contribution >= 0.6 is 0 Å². The molecule has 0 bridgehead atoms. The fraction of sp³-hybridized carbons (Fsp3) is 0.167. The second-order valence-corrected chi connectivity index (χ2v) is 3.19. The van der Waals surface area contributed by atoms with Crippen LogP contribution in [0, 0.1) is 0 Å². The van der Waals surface area contributed by atoms with Crippen molar-refractivity contribution in [2.45, 2.75) is 12.8 Å². The monoisotopic (exact) mass is 172 g/mol. The quantitative estimate of drug-likeness (QED) is 0.690.